The molecule has 1 heteroatoms. The third kappa shape index (κ3) is 3.64. The lowest BCUT2D eigenvalue weighted by Crippen LogP contribution is -2.11. The highest BCUT2D eigenvalue weighted by molar-refractivity contribution is 5.33. The molecule has 0 saturated heterocycles. The topological polar surface area (TPSA) is 26.0 Å². The zero-order valence-electron chi connectivity index (χ0n) is 11.1. The smallest absolute Gasteiger partial charge is 0.00714 e. The van der Waals surface area contributed by atoms with E-state index in [0.717, 1.165) is 18.9 Å². The summed E-state index contributed by atoms with van der Waals surface area (Å²) in [6.07, 6.45) is 2.34. The minimum Gasteiger partial charge on any atom is -0.330 e. The largest absolute Gasteiger partial charge is 0.330 e. The highest BCUT2D eigenvalue weighted by atomic mass is 14.5. The fourth-order valence-corrected chi connectivity index (χ4v) is 2.37. The van der Waals surface area contributed by atoms with E-state index >= 15 is 0 Å². The molecule has 1 nitrogen and oxygen atoms in total. The maximum atomic E-state index is 5.73. The summed E-state index contributed by atoms with van der Waals surface area (Å²) in [5, 5.41) is 0. The number of hydrogen-bond donors (Lipinski definition) is 1. The molecular formula is C15H25N. The molecule has 0 aliphatic rings. The zero-order chi connectivity index (χ0) is 12.1. The average Bonchev–Trinajstić information content (AvgIpc) is 2.20. The van der Waals surface area contributed by atoms with Gasteiger partial charge in [-0.25, -0.2) is 0 Å². The summed E-state index contributed by atoms with van der Waals surface area (Å²) in [6, 6.07) is 6.75. The van der Waals surface area contributed by atoms with Gasteiger partial charge in [-0.2, -0.15) is 0 Å². The minimum absolute atomic E-state index is 0.630. The van der Waals surface area contributed by atoms with Gasteiger partial charge in [0.05, 0.1) is 0 Å². The Morgan fingerprint density at radius 3 is 2.44 bits per heavy atom. The van der Waals surface area contributed by atoms with Crippen LogP contribution in [0.1, 0.15) is 49.3 Å². The second-order valence-electron chi connectivity index (χ2n) is 5.26. The Morgan fingerprint density at radius 2 is 1.88 bits per heavy atom. The van der Waals surface area contributed by atoms with Crippen molar-refractivity contribution in [2.75, 3.05) is 6.54 Å². The summed E-state index contributed by atoms with van der Waals surface area (Å²) in [4.78, 5) is 0. The molecule has 0 heterocycles. The van der Waals surface area contributed by atoms with Crippen molar-refractivity contribution >= 4 is 0 Å². The van der Waals surface area contributed by atoms with Gasteiger partial charge in [-0.05, 0) is 56.2 Å². The van der Waals surface area contributed by atoms with E-state index in [4.69, 9.17) is 5.73 Å². The summed E-state index contributed by atoms with van der Waals surface area (Å²) in [7, 11) is 0. The number of nitrogens with two attached hydrogens (primary N) is 1. The van der Waals surface area contributed by atoms with Crippen LogP contribution in [0.25, 0.3) is 0 Å². The maximum Gasteiger partial charge on any atom is -0.00714 e. The molecule has 0 amide bonds. The first-order chi connectivity index (χ1) is 7.54. The van der Waals surface area contributed by atoms with Gasteiger partial charge in [-0.1, -0.05) is 37.6 Å². The van der Waals surface area contributed by atoms with Crippen LogP contribution in [0.15, 0.2) is 18.2 Å². The van der Waals surface area contributed by atoms with Gasteiger partial charge in [0.25, 0.3) is 0 Å². The van der Waals surface area contributed by atoms with E-state index in [0.29, 0.717) is 5.92 Å². The van der Waals surface area contributed by atoms with Crippen molar-refractivity contribution in [1.29, 1.82) is 0 Å². The second kappa shape index (κ2) is 6.05. The number of rotatable bonds is 5. The Morgan fingerprint density at radius 1 is 1.19 bits per heavy atom. The third-order valence-electron chi connectivity index (χ3n) is 3.15. The van der Waals surface area contributed by atoms with Crippen LogP contribution in [0.3, 0.4) is 0 Å². The van der Waals surface area contributed by atoms with Crippen LogP contribution in [-0.4, -0.2) is 6.54 Å². The van der Waals surface area contributed by atoms with E-state index < -0.39 is 0 Å². The SMILES string of the molecule is Cc1ccc(C)c(C(CCN)CC(C)C)c1. The van der Waals surface area contributed by atoms with Gasteiger partial charge in [-0.15, -0.1) is 0 Å². The van der Waals surface area contributed by atoms with E-state index in [2.05, 4.69) is 45.9 Å². The molecule has 0 saturated carbocycles. The van der Waals surface area contributed by atoms with Crippen molar-refractivity contribution in [2.45, 2.75) is 46.5 Å². The Labute approximate surface area is 100 Å². The zero-order valence-corrected chi connectivity index (χ0v) is 11.1. The Bertz CT molecular complexity index is 328. The van der Waals surface area contributed by atoms with E-state index in [-0.39, 0.29) is 0 Å². The number of benzene rings is 1. The molecule has 1 atom stereocenters. The fourth-order valence-electron chi connectivity index (χ4n) is 2.37. The molecule has 0 radical (unpaired) electrons. The first-order valence-electron chi connectivity index (χ1n) is 6.31. The maximum absolute atomic E-state index is 5.73. The van der Waals surface area contributed by atoms with Crippen LogP contribution in [0.5, 0.6) is 0 Å². The summed E-state index contributed by atoms with van der Waals surface area (Å²) >= 11 is 0. The van der Waals surface area contributed by atoms with Gasteiger partial charge < -0.3 is 5.73 Å². The molecule has 0 bridgehead atoms. The standard InChI is InChI=1S/C15H25N/c1-11(2)9-14(7-8-16)15-10-12(3)5-6-13(15)4/h5-6,10-11,14H,7-9,16H2,1-4H3. The lowest BCUT2D eigenvalue weighted by atomic mass is 9.85. The fraction of sp³-hybridized carbons (Fsp3) is 0.600. The first-order valence-corrected chi connectivity index (χ1v) is 6.31. The van der Waals surface area contributed by atoms with Gasteiger partial charge in [-0.3, -0.25) is 0 Å². The molecule has 0 spiro atoms. The van der Waals surface area contributed by atoms with Crippen molar-refractivity contribution in [1.82, 2.24) is 0 Å². The van der Waals surface area contributed by atoms with Gasteiger partial charge >= 0.3 is 0 Å². The normalized spacial score (nSPS) is 13.1. The van der Waals surface area contributed by atoms with E-state index in [1.165, 1.54) is 23.1 Å². The van der Waals surface area contributed by atoms with Crippen LogP contribution in [0, 0.1) is 19.8 Å². The molecule has 0 aliphatic heterocycles. The molecule has 1 rings (SSSR count). The Hall–Kier alpha value is -0.820. The summed E-state index contributed by atoms with van der Waals surface area (Å²) < 4.78 is 0. The molecule has 0 aromatic heterocycles. The van der Waals surface area contributed by atoms with Gasteiger partial charge in [0.15, 0.2) is 0 Å². The minimum atomic E-state index is 0.630. The van der Waals surface area contributed by atoms with E-state index in [1.54, 1.807) is 0 Å². The lowest BCUT2D eigenvalue weighted by molar-refractivity contribution is 0.479. The molecule has 1 aromatic carbocycles. The van der Waals surface area contributed by atoms with Crippen molar-refractivity contribution < 1.29 is 0 Å². The van der Waals surface area contributed by atoms with Crippen molar-refractivity contribution in [3.8, 4) is 0 Å². The van der Waals surface area contributed by atoms with Crippen LogP contribution < -0.4 is 5.73 Å². The van der Waals surface area contributed by atoms with Crippen LogP contribution in [0.2, 0.25) is 0 Å². The molecule has 0 aliphatic carbocycles. The molecule has 0 fully saturated rings. The highest BCUT2D eigenvalue weighted by Crippen LogP contribution is 2.29. The third-order valence-corrected chi connectivity index (χ3v) is 3.15. The highest BCUT2D eigenvalue weighted by Gasteiger charge is 2.14. The van der Waals surface area contributed by atoms with Crippen LogP contribution in [-0.2, 0) is 0 Å². The molecule has 1 aromatic rings. The quantitative estimate of drug-likeness (QED) is 0.801. The van der Waals surface area contributed by atoms with Gasteiger partial charge in [0, 0.05) is 0 Å². The molecule has 16 heavy (non-hydrogen) atoms. The molecule has 90 valence electrons. The first kappa shape index (κ1) is 13.2. The summed E-state index contributed by atoms with van der Waals surface area (Å²) in [6.45, 7) is 9.73. The number of aryl methyl sites for hydroxylation is 2. The van der Waals surface area contributed by atoms with E-state index in [9.17, 15) is 0 Å². The van der Waals surface area contributed by atoms with Crippen molar-refractivity contribution in [3.63, 3.8) is 0 Å². The van der Waals surface area contributed by atoms with E-state index in [1.807, 2.05) is 0 Å². The lowest BCUT2D eigenvalue weighted by Gasteiger charge is -2.21. The Balaban J connectivity index is 2.94. The van der Waals surface area contributed by atoms with Gasteiger partial charge in [0.2, 0.25) is 0 Å². The van der Waals surface area contributed by atoms with Crippen molar-refractivity contribution in [3.05, 3.63) is 34.9 Å². The molecule has 1 unspecified atom stereocenters. The number of hydrogen-bond acceptors (Lipinski definition) is 1. The predicted octanol–water partition coefficient (Wildman–Crippen LogP) is 3.78. The second-order valence-corrected chi connectivity index (χ2v) is 5.26. The Kier molecular flexibility index (Phi) is 5.01. The molecular weight excluding hydrogens is 194 g/mol. The monoisotopic (exact) mass is 219 g/mol. The van der Waals surface area contributed by atoms with Crippen LogP contribution >= 0.6 is 0 Å². The molecule has 2 N–H and O–H groups in total. The summed E-state index contributed by atoms with van der Waals surface area (Å²) in [5.74, 6) is 1.36. The van der Waals surface area contributed by atoms with Gasteiger partial charge in [0.1, 0.15) is 0 Å². The average molecular weight is 219 g/mol. The predicted molar refractivity (Wildman–Crippen MR) is 71.8 cm³/mol. The summed E-state index contributed by atoms with van der Waals surface area (Å²) in [5.41, 5.74) is 9.99. The van der Waals surface area contributed by atoms with Crippen LogP contribution in [0.4, 0.5) is 0 Å². The van der Waals surface area contributed by atoms with Crippen molar-refractivity contribution in [2.24, 2.45) is 11.7 Å².